The maximum Gasteiger partial charge on any atom is 0.374 e. The molecule has 1 amide bonds. The van der Waals surface area contributed by atoms with Crippen molar-refractivity contribution < 1.29 is 18.7 Å². The maximum atomic E-state index is 12.1. The smallest absolute Gasteiger partial charge is 0.374 e. The van der Waals surface area contributed by atoms with Crippen LogP contribution < -0.4 is 10.7 Å². The summed E-state index contributed by atoms with van der Waals surface area (Å²) in [6.07, 6.45) is 0. The van der Waals surface area contributed by atoms with E-state index in [1.54, 1.807) is 6.07 Å². The van der Waals surface area contributed by atoms with Gasteiger partial charge in [0.15, 0.2) is 12.0 Å². The molecule has 7 heteroatoms. The number of rotatable bonds is 5. The zero-order chi connectivity index (χ0) is 19.4. The highest BCUT2D eigenvalue weighted by atomic mass is 35.5. The number of carbonyl (C=O) groups excluding carboxylic acids is 2. The second kappa shape index (κ2) is 8.05. The van der Waals surface area contributed by atoms with Gasteiger partial charge in [0.2, 0.25) is 5.76 Å². The normalized spacial score (nSPS) is 11.8. The minimum atomic E-state index is -0.897. The highest BCUT2D eigenvalue weighted by Crippen LogP contribution is 2.18. The van der Waals surface area contributed by atoms with Gasteiger partial charge < -0.3 is 14.5 Å². The molecule has 6 nitrogen and oxygen atoms in total. The Labute approximate surface area is 159 Å². The molecule has 1 atom stereocenters. The molecule has 0 saturated heterocycles. The van der Waals surface area contributed by atoms with Gasteiger partial charge in [0.1, 0.15) is 5.58 Å². The van der Waals surface area contributed by atoms with Crippen LogP contribution in [0.4, 0.5) is 0 Å². The molecule has 0 aliphatic rings. The van der Waals surface area contributed by atoms with Crippen LogP contribution in [0.2, 0.25) is 5.02 Å². The lowest BCUT2D eigenvalue weighted by Gasteiger charge is -2.14. The van der Waals surface area contributed by atoms with Gasteiger partial charge in [-0.25, -0.2) is 4.79 Å². The second-order valence-electron chi connectivity index (χ2n) is 5.89. The minimum absolute atomic E-state index is 0.209. The van der Waals surface area contributed by atoms with Crippen LogP contribution in [0.3, 0.4) is 0 Å². The fraction of sp³-hybridized carbons (Fsp3) is 0.150. The molecule has 0 aliphatic heterocycles. The molecule has 138 valence electrons. The summed E-state index contributed by atoms with van der Waals surface area (Å²) in [5, 5.41) is 3.37. The number of hydrogen-bond acceptors (Lipinski definition) is 5. The van der Waals surface area contributed by atoms with E-state index in [1.807, 2.05) is 37.3 Å². The van der Waals surface area contributed by atoms with Crippen LogP contribution in [0.1, 0.15) is 29.1 Å². The first kappa shape index (κ1) is 18.7. The number of esters is 1. The quantitative estimate of drug-likeness (QED) is 0.679. The minimum Gasteiger partial charge on any atom is -0.450 e. The molecular weight excluding hydrogens is 370 g/mol. The fourth-order valence-electron chi connectivity index (χ4n) is 2.54. The third-order valence-electron chi connectivity index (χ3n) is 3.90. The number of halogens is 1. The van der Waals surface area contributed by atoms with Crippen molar-refractivity contribution in [1.29, 1.82) is 0 Å². The van der Waals surface area contributed by atoms with E-state index >= 15 is 0 Å². The lowest BCUT2D eigenvalue weighted by molar-refractivity contribution is -0.124. The molecule has 0 saturated carbocycles. The van der Waals surface area contributed by atoms with E-state index in [9.17, 15) is 14.4 Å². The highest BCUT2D eigenvalue weighted by Gasteiger charge is 2.17. The number of amides is 1. The first-order chi connectivity index (χ1) is 12.9. The van der Waals surface area contributed by atoms with E-state index in [0.717, 1.165) is 11.6 Å². The van der Waals surface area contributed by atoms with Gasteiger partial charge in [-0.15, -0.1) is 0 Å². The summed E-state index contributed by atoms with van der Waals surface area (Å²) in [6, 6.07) is 14.7. The van der Waals surface area contributed by atoms with Crippen molar-refractivity contribution in [2.24, 2.45) is 0 Å². The fourth-order valence-corrected chi connectivity index (χ4v) is 2.71. The molecule has 0 bridgehead atoms. The van der Waals surface area contributed by atoms with Crippen LogP contribution in [-0.2, 0) is 9.53 Å². The summed E-state index contributed by atoms with van der Waals surface area (Å²) < 4.78 is 10.3. The van der Waals surface area contributed by atoms with Gasteiger partial charge in [0.05, 0.1) is 11.4 Å². The van der Waals surface area contributed by atoms with Gasteiger partial charge in [0, 0.05) is 11.1 Å². The molecule has 0 radical (unpaired) electrons. The molecular formula is C20H16ClNO5. The molecule has 1 aromatic heterocycles. The number of ether oxygens (including phenoxy) is 1. The number of benzene rings is 2. The van der Waals surface area contributed by atoms with Gasteiger partial charge in [-0.05, 0) is 30.7 Å². The van der Waals surface area contributed by atoms with Crippen LogP contribution in [0.25, 0.3) is 11.0 Å². The van der Waals surface area contributed by atoms with Crippen LogP contribution in [0.5, 0.6) is 0 Å². The molecule has 0 unspecified atom stereocenters. The topological polar surface area (TPSA) is 85.6 Å². The Hall–Kier alpha value is -3.12. The molecule has 3 rings (SSSR count). The Balaban J connectivity index is 1.64. The summed E-state index contributed by atoms with van der Waals surface area (Å²) in [7, 11) is 0. The van der Waals surface area contributed by atoms with Gasteiger partial charge in [-0.3, -0.25) is 9.59 Å². The molecule has 1 N–H and O–H groups in total. The van der Waals surface area contributed by atoms with E-state index in [4.69, 9.17) is 20.8 Å². The SMILES string of the molecule is C[C@@H](NC(=O)COC(=O)c1cc(=O)c2cc(Cl)ccc2o1)c1ccccc1. The monoisotopic (exact) mass is 385 g/mol. The summed E-state index contributed by atoms with van der Waals surface area (Å²) in [5.74, 6) is -1.64. The average Bonchev–Trinajstić information content (AvgIpc) is 2.67. The van der Waals surface area contributed by atoms with Crippen molar-refractivity contribution >= 4 is 34.4 Å². The van der Waals surface area contributed by atoms with Crippen molar-refractivity contribution in [3.63, 3.8) is 0 Å². The van der Waals surface area contributed by atoms with Crippen LogP contribution >= 0.6 is 11.6 Å². The Morgan fingerprint density at radius 2 is 1.89 bits per heavy atom. The molecule has 2 aromatic carbocycles. The Bertz CT molecular complexity index is 1050. The average molecular weight is 386 g/mol. The highest BCUT2D eigenvalue weighted by molar-refractivity contribution is 6.31. The molecule has 3 aromatic rings. The van der Waals surface area contributed by atoms with Crippen LogP contribution in [0.15, 0.2) is 63.8 Å². The zero-order valence-electron chi connectivity index (χ0n) is 14.4. The Morgan fingerprint density at radius 3 is 2.63 bits per heavy atom. The zero-order valence-corrected chi connectivity index (χ0v) is 15.2. The Morgan fingerprint density at radius 1 is 1.15 bits per heavy atom. The Kier molecular flexibility index (Phi) is 5.57. The molecule has 0 aliphatic carbocycles. The number of fused-ring (bicyclic) bond motifs is 1. The molecule has 1 heterocycles. The van der Waals surface area contributed by atoms with Gasteiger partial charge in [-0.1, -0.05) is 41.9 Å². The summed E-state index contributed by atoms with van der Waals surface area (Å²) in [6.45, 7) is 1.33. The van der Waals surface area contributed by atoms with Gasteiger partial charge in [-0.2, -0.15) is 0 Å². The summed E-state index contributed by atoms with van der Waals surface area (Å²) in [5.41, 5.74) is 0.713. The number of nitrogens with one attached hydrogen (secondary N) is 1. The first-order valence-corrected chi connectivity index (χ1v) is 8.56. The number of hydrogen-bond donors (Lipinski definition) is 1. The third kappa shape index (κ3) is 4.54. The van der Waals surface area contributed by atoms with Gasteiger partial charge >= 0.3 is 5.97 Å². The first-order valence-electron chi connectivity index (χ1n) is 8.19. The second-order valence-corrected chi connectivity index (χ2v) is 6.33. The number of carbonyl (C=O) groups is 2. The maximum absolute atomic E-state index is 12.1. The summed E-state index contributed by atoms with van der Waals surface area (Å²) >= 11 is 5.85. The lowest BCUT2D eigenvalue weighted by atomic mass is 10.1. The van der Waals surface area contributed by atoms with Crippen molar-refractivity contribution in [3.8, 4) is 0 Å². The van der Waals surface area contributed by atoms with E-state index in [0.29, 0.717) is 5.02 Å². The van der Waals surface area contributed by atoms with E-state index in [1.165, 1.54) is 12.1 Å². The molecule has 27 heavy (non-hydrogen) atoms. The standard InChI is InChI=1S/C20H16ClNO5/c1-12(13-5-3-2-4-6-13)22-19(24)11-26-20(25)18-10-16(23)15-9-14(21)7-8-17(15)27-18/h2-10,12H,11H2,1H3,(H,22,24)/t12-/m1/s1. The lowest BCUT2D eigenvalue weighted by Crippen LogP contribution is -2.31. The van der Waals surface area contributed by atoms with E-state index in [-0.39, 0.29) is 22.8 Å². The van der Waals surface area contributed by atoms with Crippen LogP contribution in [0, 0.1) is 0 Å². The molecule has 0 spiro atoms. The van der Waals surface area contributed by atoms with E-state index in [2.05, 4.69) is 5.32 Å². The third-order valence-corrected chi connectivity index (χ3v) is 4.14. The van der Waals surface area contributed by atoms with Crippen molar-refractivity contribution in [1.82, 2.24) is 5.32 Å². The largest absolute Gasteiger partial charge is 0.450 e. The van der Waals surface area contributed by atoms with E-state index < -0.39 is 23.9 Å². The van der Waals surface area contributed by atoms with Gasteiger partial charge in [0.25, 0.3) is 5.91 Å². The predicted octanol–water partition coefficient (Wildman–Crippen LogP) is 3.48. The van der Waals surface area contributed by atoms with Crippen molar-refractivity contribution in [2.75, 3.05) is 6.61 Å². The predicted molar refractivity (Wildman–Crippen MR) is 101 cm³/mol. The van der Waals surface area contributed by atoms with Crippen molar-refractivity contribution in [2.45, 2.75) is 13.0 Å². The van der Waals surface area contributed by atoms with Crippen molar-refractivity contribution in [3.05, 3.63) is 81.2 Å². The molecule has 0 fully saturated rings. The van der Waals surface area contributed by atoms with Crippen LogP contribution in [-0.4, -0.2) is 18.5 Å². The summed E-state index contributed by atoms with van der Waals surface area (Å²) in [4.78, 5) is 36.2.